The zero-order chi connectivity index (χ0) is 14.4. The second kappa shape index (κ2) is 6.96. The molecule has 0 aliphatic heterocycles. The summed E-state index contributed by atoms with van der Waals surface area (Å²) in [6.07, 6.45) is -0.472. The highest BCUT2D eigenvalue weighted by molar-refractivity contribution is 5.94. The van der Waals surface area contributed by atoms with Crippen molar-refractivity contribution < 1.29 is 14.6 Å². The molecule has 106 valence electrons. The first-order chi connectivity index (χ1) is 8.92. The Kier molecular flexibility index (Phi) is 5.59. The zero-order valence-electron chi connectivity index (χ0n) is 11.5. The molecule has 0 heterocycles. The van der Waals surface area contributed by atoms with E-state index >= 15 is 0 Å². The molecule has 4 N–H and O–H groups in total. The maximum Gasteiger partial charge on any atom is 0.238 e. The van der Waals surface area contributed by atoms with Crippen molar-refractivity contribution in [3.8, 4) is 5.75 Å². The number of benzene rings is 1. The van der Waals surface area contributed by atoms with E-state index in [0.717, 1.165) is 0 Å². The Balaban J connectivity index is 2.64. The average molecular weight is 267 g/mol. The summed E-state index contributed by atoms with van der Waals surface area (Å²) >= 11 is 0. The molecule has 0 spiro atoms. The smallest absolute Gasteiger partial charge is 0.238 e. The topological polar surface area (TPSA) is 87.8 Å². The molecular weight excluding hydrogens is 246 g/mol. The zero-order valence-corrected chi connectivity index (χ0v) is 11.5. The number of hydrogen-bond donors (Lipinski definition) is 3. The molecule has 0 aromatic heterocycles. The number of nitrogens with one attached hydrogen (secondary N) is 1. The number of amides is 1. The third-order valence-electron chi connectivity index (χ3n) is 2.49. The number of nitrogens with zero attached hydrogens (tertiary/aromatic N) is 1. The summed E-state index contributed by atoms with van der Waals surface area (Å²) in [5, 5.41) is 12.0. The van der Waals surface area contributed by atoms with Gasteiger partial charge in [0.25, 0.3) is 0 Å². The minimum atomic E-state index is -0.472. The summed E-state index contributed by atoms with van der Waals surface area (Å²) in [6, 6.07) is 5.05. The summed E-state index contributed by atoms with van der Waals surface area (Å²) < 4.78 is 5.15. The van der Waals surface area contributed by atoms with Gasteiger partial charge in [-0.15, -0.1) is 0 Å². The quantitative estimate of drug-likeness (QED) is 0.654. The van der Waals surface area contributed by atoms with Crippen LogP contribution in [0.2, 0.25) is 0 Å². The van der Waals surface area contributed by atoms with Crippen molar-refractivity contribution in [2.45, 2.75) is 13.0 Å². The second-order valence-electron chi connectivity index (χ2n) is 4.55. The molecule has 1 rings (SSSR count). The number of methoxy groups -OCH3 is 1. The number of carbonyl (C=O) groups excluding carboxylic acids is 1. The normalized spacial score (nSPS) is 12.3. The van der Waals surface area contributed by atoms with Crippen molar-refractivity contribution in [3.05, 3.63) is 18.2 Å². The van der Waals surface area contributed by atoms with Crippen molar-refractivity contribution in [2.24, 2.45) is 0 Å². The van der Waals surface area contributed by atoms with E-state index in [-0.39, 0.29) is 12.5 Å². The molecule has 6 heteroatoms. The van der Waals surface area contributed by atoms with E-state index in [1.54, 1.807) is 37.1 Å². The molecule has 6 nitrogen and oxygen atoms in total. The van der Waals surface area contributed by atoms with E-state index < -0.39 is 6.10 Å². The molecule has 0 radical (unpaired) electrons. The Morgan fingerprint density at radius 1 is 1.58 bits per heavy atom. The Morgan fingerprint density at radius 3 is 2.84 bits per heavy atom. The van der Waals surface area contributed by atoms with Gasteiger partial charge < -0.3 is 20.9 Å². The van der Waals surface area contributed by atoms with Crippen LogP contribution in [-0.2, 0) is 4.79 Å². The number of ether oxygens (including phenoxy) is 1. The number of aliphatic hydroxyl groups is 1. The number of carbonyl (C=O) groups is 1. The summed E-state index contributed by atoms with van der Waals surface area (Å²) in [5.74, 6) is 0.368. The van der Waals surface area contributed by atoms with Gasteiger partial charge in [0.2, 0.25) is 5.91 Å². The lowest BCUT2D eigenvalue weighted by atomic mass is 10.2. The van der Waals surface area contributed by atoms with E-state index in [1.165, 1.54) is 7.11 Å². The number of anilines is 2. The standard InChI is InChI=1S/C13H21N3O3/c1-9(17)7-16(2)8-13(18)15-11-6-10(14)4-5-12(11)19-3/h4-6,9,17H,7-8,14H2,1-3H3,(H,15,18). The van der Waals surface area contributed by atoms with Crippen LogP contribution in [0.15, 0.2) is 18.2 Å². The van der Waals surface area contributed by atoms with Gasteiger partial charge in [-0.2, -0.15) is 0 Å². The third kappa shape index (κ3) is 5.15. The fourth-order valence-corrected chi connectivity index (χ4v) is 1.77. The molecule has 1 aromatic rings. The molecule has 1 atom stereocenters. The van der Waals surface area contributed by atoms with Gasteiger partial charge in [0.1, 0.15) is 5.75 Å². The average Bonchev–Trinajstić information content (AvgIpc) is 2.27. The van der Waals surface area contributed by atoms with Crippen LogP contribution in [0.5, 0.6) is 5.75 Å². The molecular formula is C13H21N3O3. The van der Waals surface area contributed by atoms with E-state index in [4.69, 9.17) is 10.5 Å². The number of rotatable bonds is 6. The molecule has 1 amide bonds. The Morgan fingerprint density at radius 2 is 2.26 bits per heavy atom. The van der Waals surface area contributed by atoms with Crippen molar-refractivity contribution in [3.63, 3.8) is 0 Å². The SMILES string of the molecule is COc1ccc(N)cc1NC(=O)CN(C)CC(C)O. The predicted molar refractivity (Wildman–Crippen MR) is 75.2 cm³/mol. The summed E-state index contributed by atoms with van der Waals surface area (Å²) in [4.78, 5) is 13.6. The van der Waals surface area contributed by atoms with Gasteiger partial charge in [-0.1, -0.05) is 0 Å². The van der Waals surface area contributed by atoms with Gasteiger partial charge in [0, 0.05) is 12.2 Å². The van der Waals surface area contributed by atoms with Crippen LogP contribution in [0.25, 0.3) is 0 Å². The monoisotopic (exact) mass is 267 g/mol. The molecule has 0 aliphatic rings. The van der Waals surface area contributed by atoms with Crippen molar-refractivity contribution in [1.82, 2.24) is 4.90 Å². The molecule has 0 saturated heterocycles. The van der Waals surface area contributed by atoms with Gasteiger partial charge in [-0.05, 0) is 32.2 Å². The fraction of sp³-hybridized carbons (Fsp3) is 0.462. The first-order valence-corrected chi connectivity index (χ1v) is 6.02. The third-order valence-corrected chi connectivity index (χ3v) is 2.49. The van der Waals surface area contributed by atoms with Gasteiger partial charge in [0.05, 0.1) is 25.4 Å². The molecule has 0 aliphatic carbocycles. The van der Waals surface area contributed by atoms with Gasteiger partial charge in [0.15, 0.2) is 0 Å². The lowest BCUT2D eigenvalue weighted by Crippen LogP contribution is -2.34. The maximum absolute atomic E-state index is 11.9. The fourth-order valence-electron chi connectivity index (χ4n) is 1.77. The Hall–Kier alpha value is -1.79. The van der Waals surface area contributed by atoms with E-state index in [2.05, 4.69) is 5.32 Å². The maximum atomic E-state index is 11.9. The first-order valence-electron chi connectivity index (χ1n) is 6.02. The number of nitrogen functional groups attached to an aromatic ring is 1. The highest BCUT2D eigenvalue weighted by atomic mass is 16.5. The van der Waals surface area contributed by atoms with Crippen LogP contribution in [0, 0.1) is 0 Å². The van der Waals surface area contributed by atoms with Crippen LogP contribution in [0.1, 0.15) is 6.92 Å². The van der Waals surface area contributed by atoms with Crippen molar-refractivity contribution >= 4 is 17.3 Å². The van der Waals surface area contributed by atoms with Gasteiger partial charge >= 0.3 is 0 Å². The number of hydrogen-bond acceptors (Lipinski definition) is 5. The Bertz CT molecular complexity index is 435. The highest BCUT2D eigenvalue weighted by Gasteiger charge is 2.11. The second-order valence-corrected chi connectivity index (χ2v) is 4.55. The van der Waals surface area contributed by atoms with Gasteiger partial charge in [-0.25, -0.2) is 0 Å². The number of likely N-dealkylation sites (N-methyl/N-ethyl adjacent to an activating group) is 1. The molecule has 1 aromatic carbocycles. The largest absolute Gasteiger partial charge is 0.495 e. The van der Waals surface area contributed by atoms with Crippen LogP contribution in [0.3, 0.4) is 0 Å². The lowest BCUT2D eigenvalue weighted by molar-refractivity contribution is -0.117. The molecule has 0 saturated carbocycles. The number of nitrogens with two attached hydrogens (primary N) is 1. The van der Waals surface area contributed by atoms with Crippen molar-refractivity contribution in [1.29, 1.82) is 0 Å². The highest BCUT2D eigenvalue weighted by Crippen LogP contribution is 2.26. The van der Waals surface area contributed by atoms with E-state index in [1.807, 2.05) is 0 Å². The van der Waals surface area contributed by atoms with Gasteiger partial charge in [-0.3, -0.25) is 9.69 Å². The van der Waals surface area contributed by atoms with E-state index in [9.17, 15) is 9.90 Å². The van der Waals surface area contributed by atoms with Crippen LogP contribution >= 0.6 is 0 Å². The predicted octanol–water partition coefficient (Wildman–Crippen LogP) is 0.528. The summed E-state index contributed by atoms with van der Waals surface area (Å²) in [6.45, 7) is 2.29. The molecule has 0 fully saturated rings. The van der Waals surface area contributed by atoms with E-state index in [0.29, 0.717) is 23.7 Å². The lowest BCUT2D eigenvalue weighted by Gasteiger charge is -2.18. The number of aliphatic hydroxyl groups excluding tert-OH is 1. The van der Waals surface area contributed by atoms with Crippen LogP contribution < -0.4 is 15.8 Å². The first kappa shape index (κ1) is 15.3. The molecule has 19 heavy (non-hydrogen) atoms. The van der Waals surface area contributed by atoms with Crippen molar-refractivity contribution in [2.75, 3.05) is 38.3 Å². The molecule has 1 unspecified atom stereocenters. The van der Waals surface area contributed by atoms with Crippen LogP contribution in [0.4, 0.5) is 11.4 Å². The summed E-state index contributed by atoms with van der Waals surface area (Å²) in [7, 11) is 3.30. The minimum absolute atomic E-state index is 0.183. The Labute approximate surface area is 113 Å². The molecule has 0 bridgehead atoms. The van der Waals surface area contributed by atoms with Crippen LogP contribution in [-0.4, -0.2) is 49.3 Å². The summed E-state index contributed by atoms with van der Waals surface area (Å²) in [5.41, 5.74) is 6.76. The minimum Gasteiger partial charge on any atom is -0.495 e.